The third-order valence-corrected chi connectivity index (χ3v) is 8.41. The summed E-state index contributed by atoms with van der Waals surface area (Å²) in [7, 11) is 0. The third kappa shape index (κ3) is 3.19. The first-order valence-corrected chi connectivity index (χ1v) is 11.5. The molecule has 0 bridgehead atoms. The van der Waals surface area contributed by atoms with Gasteiger partial charge in [-0.05, 0) is 45.6 Å². The van der Waals surface area contributed by atoms with E-state index in [1.54, 1.807) is 6.33 Å². The van der Waals surface area contributed by atoms with E-state index in [1.807, 2.05) is 42.6 Å². The standard InChI is InChI=1S/C29H30N4/c1-27(2)22-14-12-20(16-23(22)28(3,4)29(27,5)6)24-15-13-21(17-30-24)26-32-18-31-25(33-26)19-10-8-7-9-11-19/h7-18H,1-6H3. The van der Waals surface area contributed by atoms with E-state index in [-0.39, 0.29) is 16.2 Å². The molecule has 166 valence electrons. The summed E-state index contributed by atoms with van der Waals surface area (Å²) < 4.78 is 0. The van der Waals surface area contributed by atoms with Crippen LogP contribution in [0.2, 0.25) is 0 Å². The molecular formula is C29H30N4. The summed E-state index contributed by atoms with van der Waals surface area (Å²) in [6.45, 7) is 14.2. The van der Waals surface area contributed by atoms with Crippen molar-refractivity contribution in [2.75, 3.05) is 0 Å². The highest BCUT2D eigenvalue weighted by atomic mass is 15.0. The van der Waals surface area contributed by atoms with E-state index < -0.39 is 0 Å². The lowest BCUT2D eigenvalue weighted by Gasteiger charge is -2.44. The molecule has 5 rings (SSSR count). The first-order chi connectivity index (χ1) is 15.6. The van der Waals surface area contributed by atoms with E-state index in [0.717, 1.165) is 22.4 Å². The molecule has 0 atom stereocenters. The molecule has 0 spiro atoms. The topological polar surface area (TPSA) is 51.6 Å². The molecule has 2 heterocycles. The molecule has 4 nitrogen and oxygen atoms in total. The fourth-order valence-electron chi connectivity index (χ4n) is 5.08. The molecule has 0 saturated carbocycles. The van der Waals surface area contributed by atoms with Crippen LogP contribution in [0.3, 0.4) is 0 Å². The lowest BCUT2D eigenvalue weighted by molar-refractivity contribution is 0.125. The number of hydrogen-bond acceptors (Lipinski definition) is 4. The summed E-state index contributed by atoms with van der Waals surface area (Å²) in [6.07, 6.45) is 3.41. The second-order valence-corrected chi connectivity index (χ2v) is 10.6. The van der Waals surface area contributed by atoms with Gasteiger partial charge in [0, 0.05) is 22.9 Å². The van der Waals surface area contributed by atoms with E-state index >= 15 is 0 Å². The van der Waals surface area contributed by atoms with Crippen molar-refractivity contribution in [2.24, 2.45) is 5.41 Å². The highest BCUT2D eigenvalue weighted by Crippen LogP contribution is 2.61. The number of pyridine rings is 1. The van der Waals surface area contributed by atoms with Crippen molar-refractivity contribution in [2.45, 2.75) is 52.4 Å². The molecule has 0 fully saturated rings. The number of aromatic nitrogens is 4. The maximum atomic E-state index is 4.77. The number of benzene rings is 2. The summed E-state index contributed by atoms with van der Waals surface area (Å²) in [5, 5.41) is 0. The zero-order valence-electron chi connectivity index (χ0n) is 20.2. The van der Waals surface area contributed by atoms with Crippen molar-refractivity contribution in [3.05, 3.63) is 84.3 Å². The van der Waals surface area contributed by atoms with Gasteiger partial charge in [0.2, 0.25) is 0 Å². The predicted octanol–water partition coefficient (Wildman–Crippen LogP) is 6.86. The molecule has 0 N–H and O–H groups in total. The van der Waals surface area contributed by atoms with Crippen molar-refractivity contribution in [1.29, 1.82) is 0 Å². The van der Waals surface area contributed by atoms with Crippen LogP contribution in [0.1, 0.15) is 52.7 Å². The minimum atomic E-state index is 0.0699. The van der Waals surface area contributed by atoms with Crippen molar-refractivity contribution in [3.63, 3.8) is 0 Å². The SMILES string of the molecule is CC1(C)c2ccc(-c3ccc(-c4ncnc(-c5ccccc5)n4)cn3)cc2C(C)(C)C1(C)C. The van der Waals surface area contributed by atoms with Gasteiger partial charge < -0.3 is 0 Å². The van der Waals surface area contributed by atoms with Crippen LogP contribution in [-0.2, 0) is 10.8 Å². The molecule has 0 saturated heterocycles. The summed E-state index contributed by atoms with van der Waals surface area (Å²) in [5.41, 5.74) is 7.13. The Labute approximate surface area is 196 Å². The van der Waals surface area contributed by atoms with E-state index in [0.29, 0.717) is 11.6 Å². The van der Waals surface area contributed by atoms with Gasteiger partial charge in [0.25, 0.3) is 0 Å². The first kappa shape index (κ1) is 21.4. The quantitative estimate of drug-likeness (QED) is 0.353. The molecule has 0 aliphatic heterocycles. The molecule has 33 heavy (non-hydrogen) atoms. The van der Waals surface area contributed by atoms with Gasteiger partial charge in [-0.2, -0.15) is 0 Å². The van der Waals surface area contributed by atoms with Gasteiger partial charge in [-0.3, -0.25) is 4.98 Å². The van der Waals surface area contributed by atoms with Gasteiger partial charge in [-0.1, -0.05) is 84.0 Å². The largest absolute Gasteiger partial charge is 0.255 e. The van der Waals surface area contributed by atoms with Gasteiger partial charge in [-0.25, -0.2) is 15.0 Å². The van der Waals surface area contributed by atoms with Crippen LogP contribution in [0.4, 0.5) is 0 Å². The minimum Gasteiger partial charge on any atom is -0.255 e. The van der Waals surface area contributed by atoms with Crippen LogP contribution in [-0.4, -0.2) is 19.9 Å². The molecule has 0 unspecified atom stereocenters. The Morgan fingerprint density at radius 1 is 0.576 bits per heavy atom. The maximum absolute atomic E-state index is 4.77. The summed E-state index contributed by atoms with van der Waals surface area (Å²) in [6, 6.07) is 20.9. The van der Waals surface area contributed by atoms with Crippen LogP contribution in [0.15, 0.2) is 73.2 Å². The van der Waals surface area contributed by atoms with Crippen molar-refractivity contribution < 1.29 is 0 Å². The Bertz CT molecular complexity index is 1320. The lowest BCUT2D eigenvalue weighted by Crippen LogP contribution is -2.42. The molecule has 0 radical (unpaired) electrons. The number of rotatable bonds is 3. The van der Waals surface area contributed by atoms with E-state index in [9.17, 15) is 0 Å². The number of nitrogens with zero attached hydrogens (tertiary/aromatic N) is 4. The fourth-order valence-corrected chi connectivity index (χ4v) is 5.08. The predicted molar refractivity (Wildman–Crippen MR) is 134 cm³/mol. The van der Waals surface area contributed by atoms with Crippen LogP contribution in [0.5, 0.6) is 0 Å². The first-order valence-electron chi connectivity index (χ1n) is 11.5. The van der Waals surface area contributed by atoms with Crippen LogP contribution >= 0.6 is 0 Å². The fraction of sp³-hybridized carbons (Fsp3) is 0.310. The van der Waals surface area contributed by atoms with E-state index in [4.69, 9.17) is 4.98 Å². The zero-order chi connectivity index (χ0) is 23.4. The van der Waals surface area contributed by atoms with Gasteiger partial charge in [0.15, 0.2) is 11.6 Å². The maximum Gasteiger partial charge on any atom is 0.164 e. The van der Waals surface area contributed by atoms with Gasteiger partial charge in [-0.15, -0.1) is 0 Å². The Hall–Kier alpha value is -3.40. The number of fused-ring (bicyclic) bond motifs is 1. The Balaban J connectivity index is 1.49. The van der Waals surface area contributed by atoms with Crippen molar-refractivity contribution in [1.82, 2.24) is 19.9 Å². The summed E-state index contributed by atoms with van der Waals surface area (Å²) in [5.74, 6) is 1.29. The van der Waals surface area contributed by atoms with Gasteiger partial charge >= 0.3 is 0 Å². The Morgan fingerprint density at radius 3 is 1.88 bits per heavy atom. The van der Waals surface area contributed by atoms with Crippen LogP contribution in [0, 0.1) is 5.41 Å². The molecule has 4 heteroatoms. The van der Waals surface area contributed by atoms with E-state index in [2.05, 4.69) is 80.8 Å². The van der Waals surface area contributed by atoms with Crippen LogP contribution in [0.25, 0.3) is 34.0 Å². The highest BCUT2D eigenvalue weighted by Gasteiger charge is 2.56. The second-order valence-electron chi connectivity index (χ2n) is 10.6. The summed E-state index contributed by atoms with van der Waals surface area (Å²) >= 11 is 0. The molecule has 1 aliphatic carbocycles. The molecule has 0 amide bonds. The minimum absolute atomic E-state index is 0.0699. The zero-order valence-corrected chi connectivity index (χ0v) is 20.2. The Kier molecular flexibility index (Phi) is 4.75. The van der Waals surface area contributed by atoms with Gasteiger partial charge in [0.05, 0.1) is 5.69 Å². The molecule has 2 aromatic heterocycles. The second kappa shape index (κ2) is 7.31. The molecular weight excluding hydrogens is 404 g/mol. The molecule has 4 aromatic rings. The smallest absolute Gasteiger partial charge is 0.164 e. The monoisotopic (exact) mass is 434 g/mol. The number of hydrogen-bond donors (Lipinski definition) is 0. The normalized spacial score (nSPS) is 17.5. The van der Waals surface area contributed by atoms with Crippen LogP contribution < -0.4 is 0 Å². The highest BCUT2D eigenvalue weighted by molar-refractivity contribution is 5.67. The third-order valence-electron chi connectivity index (χ3n) is 8.41. The lowest BCUT2D eigenvalue weighted by atomic mass is 9.59. The molecule has 2 aromatic carbocycles. The average molecular weight is 435 g/mol. The van der Waals surface area contributed by atoms with Crippen molar-refractivity contribution >= 4 is 0 Å². The Morgan fingerprint density at radius 2 is 1.21 bits per heavy atom. The molecule has 1 aliphatic rings. The summed E-state index contributed by atoms with van der Waals surface area (Å²) in [4.78, 5) is 18.1. The van der Waals surface area contributed by atoms with E-state index in [1.165, 1.54) is 11.1 Å². The van der Waals surface area contributed by atoms with Gasteiger partial charge in [0.1, 0.15) is 6.33 Å². The van der Waals surface area contributed by atoms with Crippen molar-refractivity contribution in [3.8, 4) is 34.0 Å². The average Bonchev–Trinajstić information content (AvgIpc) is 2.94.